The molecule has 0 saturated heterocycles. The third-order valence-electron chi connectivity index (χ3n) is 1.85. The first kappa shape index (κ1) is 15.5. The van der Waals surface area contributed by atoms with Gasteiger partial charge in [0.25, 0.3) is 5.69 Å². The number of hydrogen-bond acceptors (Lipinski definition) is 3. The molecule has 5 nitrogen and oxygen atoms in total. The molecule has 0 aliphatic carbocycles. The summed E-state index contributed by atoms with van der Waals surface area (Å²) in [5, 5.41) is 11.4. The lowest BCUT2D eigenvalue weighted by molar-refractivity contribution is -0.849. The maximum Gasteiger partial charge on any atom is 0.295 e. The number of fused-ring (bicyclic) bond motifs is 1. The SMILES string of the molecule is C[N+](C)(C)C.O=[N+]([O-])c1cccc2cc(Br)cnc12. The van der Waals surface area contributed by atoms with Crippen LogP contribution >= 0.6 is 15.9 Å². The fraction of sp³-hybridized carbons (Fsp3) is 0.308. The van der Waals surface area contributed by atoms with Crippen molar-refractivity contribution in [1.29, 1.82) is 0 Å². The molecule has 2 rings (SSSR count). The van der Waals surface area contributed by atoms with E-state index in [0.29, 0.717) is 5.52 Å². The standard InChI is InChI=1S/C9H5BrN2O2.C4H12N/c10-7-4-6-2-1-3-8(12(13)14)9(6)11-5-7;1-5(2,3)4/h1-5H;1-4H3/q;+1. The molecule has 19 heavy (non-hydrogen) atoms. The van der Waals surface area contributed by atoms with Crippen LogP contribution in [0.3, 0.4) is 0 Å². The zero-order valence-corrected chi connectivity index (χ0v) is 13.0. The summed E-state index contributed by atoms with van der Waals surface area (Å²) in [6.45, 7) is 0. The molecule has 1 heterocycles. The fourth-order valence-corrected chi connectivity index (χ4v) is 1.61. The summed E-state index contributed by atoms with van der Waals surface area (Å²) in [5.74, 6) is 0. The van der Waals surface area contributed by atoms with Gasteiger partial charge in [0, 0.05) is 22.1 Å². The lowest BCUT2D eigenvalue weighted by Gasteiger charge is -2.14. The number of aromatic nitrogens is 1. The summed E-state index contributed by atoms with van der Waals surface area (Å²) in [5.41, 5.74) is 0.454. The van der Waals surface area contributed by atoms with E-state index in [9.17, 15) is 10.1 Å². The quantitative estimate of drug-likeness (QED) is 0.459. The van der Waals surface area contributed by atoms with Crippen molar-refractivity contribution in [3.63, 3.8) is 0 Å². The lowest BCUT2D eigenvalue weighted by atomic mass is 10.2. The maximum atomic E-state index is 10.7. The van der Waals surface area contributed by atoms with E-state index in [1.54, 1.807) is 24.4 Å². The molecule has 0 radical (unpaired) electrons. The van der Waals surface area contributed by atoms with Crippen LogP contribution in [0.5, 0.6) is 0 Å². The molecule has 0 unspecified atom stereocenters. The molecule has 0 bridgehead atoms. The molecule has 0 atom stereocenters. The smallest absolute Gasteiger partial charge is 0.295 e. The van der Waals surface area contributed by atoms with Gasteiger partial charge in [0.2, 0.25) is 0 Å². The Bertz CT molecular complexity index is 588. The van der Waals surface area contributed by atoms with E-state index in [2.05, 4.69) is 49.1 Å². The van der Waals surface area contributed by atoms with Crippen molar-refractivity contribution in [3.8, 4) is 0 Å². The number of non-ortho nitro benzene ring substituents is 1. The number of quaternary nitrogens is 1. The summed E-state index contributed by atoms with van der Waals surface area (Å²) >= 11 is 3.26. The molecular formula is C13H17BrN3O2+. The largest absolute Gasteiger partial charge is 0.333 e. The summed E-state index contributed by atoms with van der Waals surface area (Å²) in [7, 11) is 8.50. The zero-order chi connectivity index (χ0) is 14.6. The van der Waals surface area contributed by atoms with Crippen LogP contribution in [0, 0.1) is 10.1 Å². The van der Waals surface area contributed by atoms with Gasteiger partial charge in [-0.15, -0.1) is 0 Å². The first-order valence-corrected chi connectivity index (χ1v) is 6.45. The van der Waals surface area contributed by atoms with Crippen molar-refractivity contribution in [2.24, 2.45) is 0 Å². The summed E-state index contributed by atoms with van der Waals surface area (Å²) in [6.07, 6.45) is 1.55. The highest BCUT2D eigenvalue weighted by Crippen LogP contribution is 2.25. The summed E-state index contributed by atoms with van der Waals surface area (Å²) in [6, 6.07) is 6.69. The Balaban J connectivity index is 0.000000312. The first-order chi connectivity index (χ1) is 8.68. The van der Waals surface area contributed by atoms with Crippen molar-refractivity contribution in [2.75, 3.05) is 28.2 Å². The van der Waals surface area contributed by atoms with Crippen molar-refractivity contribution in [3.05, 3.63) is 45.0 Å². The average molecular weight is 327 g/mol. The Morgan fingerprint density at radius 2 is 1.84 bits per heavy atom. The van der Waals surface area contributed by atoms with Crippen LogP contribution in [0.4, 0.5) is 5.69 Å². The van der Waals surface area contributed by atoms with E-state index in [0.717, 1.165) is 14.3 Å². The van der Waals surface area contributed by atoms with E-state index in [1.807, 2.05) is 0 Å². The number of rotatable bonds is 1. The van der Waals surface area contributed by atoms with Gasteiger partial charge >= 0.3 is 0 Å². The number of nitrogens with zero attached hydrogens (tertiary/aromatic N) is 3. The monoisotopic (exact) mass is 326 g/mol. The maximum absolute atomic E-state index is 10.7. The Morgan fingerprint density at radius 1 is 1.26 bits per heavy atom. The number of hydrogen-bond donors (Lipinski definition) is 0. The van der Waals surface area contributed by atoms with Gasteiger partial charge in [-0.25, -0.2) is 4.98 Å². The van der Waals surface area contributed by atoms with E-state index >= 15 is 0 Å². The topological polar surface area (TPSA) is 56.0 Å². The minimum Gasteiger partial charge on any atom is -0.333 e. The number of halogens is 1. The number of pyridine rings is 1. The molecule has 0 saturated carbocycles. The van der Waals surface area contributed by atoms with E-state index in [4.69, 9.17) is 0 Å². The van der Waals surface area contributed by atoms with Gasteiger partial charge in [0.05, 0.1) is 33.1 Å². The van der Waals surface area contributed by atoms with Gasteiger partial charge in [-0.2, -0.15) is 0 Å². The molecule has 0 spiro atoms. The average Bonchev–Trinajstić information content (AvgIpc) is 2.25. The third kappa shape index (κ3) is 5.32. The predicted molar refractivity (Wildman–Crippen MR) is 80.1 cm³/mol. The zero-order valence-electron chi connectivity index (χ0n) is 11.4. The number of nitro benzene ring substituents is 1. The molecule has 1 aromatic carbocycles. The molecule has 0 N–H and O–H groups in total. The van der Waals surface area contributed by atoms with Crippen LogP contribution in [0.2, 0.25) is 0 Å². The molecule has 0 fully saturated rings. The van der Waals surface area contributed by atoms with Crippen LogP contribution in [-0.4, -0.2) is 42.6 Å². The minimum atomic E-state index is -0.427. The second kappa shape index (κ2) is 6.08. The molecule has 102 valence electrons. The highest BCUT2D eigenvalue weighted by atomic mass is 79.9. The van der Waals surface area contributed by atoms with E-state index < -0.39 is 4.92 Å². The van der Waals surface area contributed by atoms with Gasteiger partial charge in [-0.1, -0.05) is 12.1 Å². The van der Waals surface area contributed by atoms with E-state index in [1.165, 1.54) is 6.07 Å². The second-order valence-electron chi connectivity index (χ2n) is 5.44. The summed E-state index contributed by atoms with van der Waals surface area (Å²) in [4.78, 5) is 14.2. The second-order valence-corrected chi connectivity index (χ2v) is 6.36. The first-order valence-electron chi connectivity index (χ1n) is 5.66. The van der Waals surface area contributed by atoms with Crippen molar-refractivity contribution in [2.45, 2.75) is 0 Å². The third-order valence-corrected chi connectivity index (χ3v) is 2.29. The number of nitro groups is 1. The minimum absolute atomic E-state index is 0.0370. The lowest BCUT2D eigenvalue weighted by Crippen LogP contribution is -2.27. The highest BCUT2D eigenvalue weighted by Gasteiger charge is 2.11. The van der Waals surface area contributed by atoms with Crippen LogP contribution in [0.25, 0.3) is 10.9 Å². The van der Waals surface area contributed by atoms with Crippen LogP contribution in [0.1, 0.15) is 0 Å². The molecule has 0 aliphatic heterocycles. The van der Waals surface area contributed by atoms with Crippen LogP contribution < -0.4 is 0 Å². The van der Waals surface area contributed by atoms with Crippen LogP contribution in [0.15, 0.2) is 34.9 Å². The van der Waals surface area contributed by atoms with Gasteiger partial charge in [0.15, 0.2) is 0 Å². The Kier molecular flexibility index (Phi) is 4.97. The highest BCUT2D eigenvalue weighted by molar-refractivity contribution is 9.10. The molecule has 0 amide bonds. The van der Waals surface area contributed by atoms with Crippen LogP contribution in [-0.2, 0) is 0 Å². The van der Waals surface area contributed by atoms with Gasteiger partial charge in [0.1, 0.15) is 5.52 Å². The summed E-state index contributed by atoms with van der Waals surface area (Å²) < 4.78 is 1.81. The predicted octanol–water partition coefficient (Wildman–Crippen LogP) is 3.23. The molecule has 2 aromatic rings. The Morgan fingerprint density at radius 3 is 2.37 bits per heavy atom. The number of para-hydroxylation sites is 1. The van der Waals surface area contributed by atoms with Crippen molar-refractivity contribution < 1.29 is 9.41 Å². The van der Waals surface area contributed by atoms with Crippen molar-refractivity contribution >= 4 is 32.5 Å². The normalized spacial score (nSPS) is 10.8. The Labute approximate surface area is 120 Å². The molecule has 1 aromatic heterocycles. The van der Waals surface area contributed by atoms with E-state index in [-0.39, 0.29) is 5.69 Å². The molecule has 0 aliphatic rings. The molecule has 6 heteroatoms. The van der Waals surface area contributed by atoms with Gasteiger partial charge < -0.3 is 4.48 Å². The van der Waals surface area contributed by atoms with Gasteiger partial charge in [-0.3, -0.25) is 10.1 Å². The number of benzene rings is 1. The molecular weight excluding hydrogens is 310 g/mol. The Hall–Kier alpha value is -1.53. The fourth-order valence-electron chi connectivity index (χ4n) is 1.27. The van der Waals surface area contributed by atoms with Crippen molar-refractivity contribution in [1.82, 2.24) is 4.98 Å². The van der Waals surface area contributed by atoms with Gasteiger partial charge in [-0.05, 0) is 22.0 Å².